The summed E-state index contributed by atoms with van der Waals surface area (Å²) in [7, 11) is 0. The van der Waals surface area contributed by atoms with Crippen molar-refractivity contribution in [1.29, 1.82) is 0 Å². The highest BCUT2D eigenvalue weighted by Gasteiger charge is 2.32. The Morgan fingerprint density at radius 3 is 2.24 bits per heavy atom. The maximum atomic E-state index is 12.5. The number of carbonyl (C=O) groups excluding carboxylic acids is 2. The van der Waals surface area contributed by atoms with Crippen molar-refractivity contribution in [3.63, 3.8) is 0 Å². The molecule has 0 fully saturated rings. The Bertz CT molecular complexity index is 1000. The topological polar surface area (TPSA) is 125 Å². The molecule has 0 saturated heterocycles. The number of aliphatic carboxylic acids is 1. The third-order valence-electron chi connectivity index (χ3n) is 5.68. The Balaban J connectivity index is 1.63. The first-order valence-electron chi connectivity index (χ1n) is 10.7. The van der Waals surface area contributed by atoms with E-state index in [9.17, 15) is 19.5 Å². The molecule has 2 atom stereocenters. The van der Waals surface area contributed by atoms with Crippen LogP contribution in [0, 0.1) is 0 Å². The van der Waals surface area contributed by atoms with Crippen LogP contribution < -0.4 is 10.6 Å². The molecular formula is C25H28N2O6. The fourth-order valence-corrected chi connectivity index (χ4v) is 3.79. The zero-order valence-electron chi connectivity index (χ0n) is 18.4. The molecule has 0 heterocycles. The molecule has 0 bridgehead atoms. The first-order valence-corrected chi connectivity index (χ1v) is 10.7. The van der Waals surface area contributed by atoms with Crippen LogP contribution in [-0.2, 0) is 14.3 Å². The molecular weight excluding hydrogens is 424 g/mol. The monoisotopic (exact) mass is 452 g/mol. The number of allylic oxidation sites excluding steroid dienone is 1. The Hall–Kier alpha value is -3.65. The van der Waals surface area contributed by atoms with Gasteiger partial charge in [-0.25, -0.2) is 9.59 Å². The first-order chi connectivity index (χ1) is 15.7. The van der Waals surface area contributed by atoms with Crippen molar-refractivity contribution < 1.29 is 29.3 Å². The lowest BCUT2D eigenvalue weighted by atomic mass is 9.98. The number of carbonyl (C=O) groups is 3. The van der Waals surface area contributed by atoms with Crippen molar-refractivity contribution in [3.05, 3.63) is 72.3 Å². The highest BCUT2D eigenvalue weighted by Crippen LogP contribution is 2.44. The number of fused-ring (bicyclic) bond motifs is 3. The van der Waals surface area contributed by atoms with Gasteiger partial charge in [0, 0.05) is 5.92 Å². The normalized spacial score (nSPS) is 14.8. The number of rotatable bonds is 10. The number of hydrogen-bond donors (Lipinski definition) is 4. The van der Waals surface area contributed by atoms with Crippen LogP contribution in [0.5, 0.6) is 0 Å². The highest BCUT2D eigenvalue weighted by molar-refractivity contribution is 5.86. The molecule has 8 nitrogen and oxygen atoms in total. The molecule has 0 spiro atoms. The number of carboxylic acid groups (broad SMARTS) is 1. The van der Waals surface area contributed by atoms with Crippen LogP contribution in [0.25, 0.3) is 11.1 Å². The van der Waals surface area contributed by atoms with Gasteiger partial charge in [0.25, 0.3) is 0 Å². The van der Waals surface area contributed by atoms with E-state index in [2.05, 4.69) is 17.2 Å². The summed E-state index contributed by atoms with van der Waals surface area (Å²) in [5.41, 5.74) is 2.24. The summed E-state index contributed by atoms with van der Waals surface area (Å²) < 4.78 is 5.48. The summed E-state index contributed by atoms with van der Waals surface area (Å²) in [5, 5.41) is 23.7. The zero-order valence-corrected chi connectivity index (χ0v) is 18.4. The minimum atomic E-state index is -2.12. The van der Waals surface area contributed by atoms with Gasteiger partial charge in [0.05, 0.1) is 6.54 Å². The molecule has 8 heteroatoms. The number of benzene rings is 2. The second kappa shape index (κ2) is 10.3. The SMILES string of the molecule is C=CCCC(NC(=O)OCC1c2ccccc2-c2ccccc21)C(=O)NCC(C)(O)C(=O)O. The Morgan fingerprint density at radius 1 is 1.12 bits per heavy atom. The van der Waals surface area contributed by atoms with Crippen molar-refractivity contribution >= 4 is 18.0 Å². The van der Waals surface area contributed by atoms with Gasteiger partial charge in [-0.1, -0.05) is 54.6 Å². The number of aliphatic hydroxyl groups is 1. The third kappa shape index (κ3) is 5.59. The molecule has 33 heavy (non-hydrogen) atoms. The van der Waals surface area contributed by atoms with Crippen LogP contribution in [0.4, 0.5) is 4.79 Å². The average Bonchev–Trinajstić information content (AvgIpc) is 3.12. The fourth-order valence-electron chi connectivity index (χ4n) is 3.79. The summed E-state index contributed by atoms with van der Waals surface area (Å²) >= 11 is 0. The van der Waals surface area contributed by atoms with Gasteiger partial charge in [0.2, 0.25) is 5.91 Å². The molecule has 2 amide bonds. The molecule has 0 radical (unpaired) electrons. The predicted octanol–water partition coefficient (Wildman–Crippen LogP) is 2.81. The molecule has 0 aliphatic heterocycles. The number of carboxylic acids is 1. The Morgan fingerprint density at radius 2 is 1.70 bits per heavy atom. The van der Waals surface area contributed by atoms with Crippen molar-refractivity contribution in [2.45, 2.75) is 37.3 Å². The number of ether oxygens (including phenoxy) is 1. The maximum Gasteiger partial charge on any atom is 0.407 e. The summed E-state index contributed by atoms with van der Waals surface area (Å²) in [5.74, 6) is -2.20. The van der Waals surface area contributed by atoms with E-state index in [0.29, 0.717) is 6.42 Å². The van der Waals surface area contributed by atoms with E-state index in [-0.39, 0.29) is 18.9 Å². The average molecular weight is 453 g/mol. The molecule has 4 N–H and O–H groups in total. The lowest BCUT2D eigenvalue weighted by Crippen LogP contribution is -2.52. The van der Waals surface area contributed by atoms with E-state index < -0.39 is 36.2 Å². The quantitative estimate of drug-likeness (QED) is 0.411. The molecule has 0 aromatic heterocycles. The number of nitrogens with one attached hydrogen (secondary N) is 2. The second-order valence-corrected chi connectivity index (χ2v) is 8.19. The number of hydrogen-bond acceptors (Lipinski definition) is 5. The van der Waals surface area contributed by atoms with Crippen molar-refractivity contribution in [2.24, 2.45) is 0 Å². The maximum absolute atomic E-state index is 12.5. The van der Waals surface area contributed by atoms with Gasteiger partial charge in [0.1, 0.15) is 12.6 Å². The summed E-state index contributed by atoms with van der Waals surface area (Å²) in [6, 6.07) is 15.0. The van der Waals surface area contributed by atoms with E-state index in [0.717, 1.165) is 29.2 Å². The van der Waals surface area contributed by atoms with Crippen LogP contribution in [0.15, 0.2) is 61.2 Å². The van der Waals surface area contributed by atoms with E-state index in [1.54, 1.807) is 6.08 Å². The zero-order chi connectivity index (χ0) is 24.0. The minimum absolute atomic E-state index is 0.101. The largest absolute Gasteiger partial charge is 0.479 e. The molecule has 2 aromatic rings. The summed E-state index contributed by atoms with van der Waals surface area (Å²) in [4.78, 5) is 36.1. The first kappa shape index (κ1) is 24.0. The molecule has 1 aliphatic rings. The Kier molecular flexibility index (Phi) is 7.50. The Labute approximate surface area is 192 Å². The summed E-state index contributed by atoms with van der Waals surface area (Å²) in [6.07, 6.45) is 1.53. The van der Waals surface area contributed by atoms with E-state index in [1.807, 2.05) is 48.5 Å². The molecule has 3 rings (SSSR count). The third-order valence-corrected chi connectivity index (χ3v) is 5.68. The minimum Gasteiger partial charge on any atom is -0.479 e. The van der Waals surface area contributed by atoms with Gasteiger partial charge in [0.15, 0.2) is 5.60 Å². The summed E-state index contributed by atoms with van der Waals surface area (Å²) in [6.45, 7) is 4.29. The van der Waals surface area contributed by atoms with Crippen molar-refractivity contribution in [3.8, 4) is 11.1 Å². The molecule has 174 valence electrons. The van der Waals surface area contributed by atoms with Crippen molar-refractivity contribution in [1.82, 2.24) is 10.6 Å². The fraction of sp³-hybridized carbons (Fsp3) is 0.320. The number of alkyl carbamates (subject to hydrolysis) is 1. The van der Waals surface area contributed by atoms with Crippen LogP contribution in [0.2, 0.25) is 0 Å². The standard InChI is InChI=1S/C25H28N2O6/c1-3-4-13-21(22(28)26-15-25(2,32)23(29)30)27-24(31)33-14-20-18-11-7-5-9-16(18)17-10-6-8-12-19(17)20/h3,5-12,20-21,32H,1,4,13-15H2,2H3,(H,26,28)(H,27,31)(H,29,30). The lowest BCUT2D eigenvalue weighted by Gasteiger charge is -2.22. The van der Waals surface area contributed by atoms with Crippen molar-refractivity contribution in [2.75, 3.05) is 13.2 Å². The van der Waals surface area contributed by atoms with Gasteiger partial charge in [-0.2, -0.15) is 0 Å². The van der Waals surface area contributed by atoms with E-state index in [1.165, 1.54) is 0 Å². The van der Waals surface area contributed by atoms with Gasteiger partial charge in [-0.05, 0) is 42.0 Å². The lowest BCUT2D eigenvalue weighted by molar-refractivity contribution is -0.156. The molecule has 2 aromatic carbocycles. The van der Waals surface area contributed by atoms with E-state index >= 15 is 0 Å². The second-order valence-electron chi connectivity index (χ2n) is 8.19. The predicted molar refractivity (Wildman–Crippen MR) is 123 cm³/mol. The van der Waals surface area contributed by atoms with Crippen LogP contribution >= 0.6 is 0 Å². The van der Waals surface area contributed by atoms with Gasteiger partial charge in [-0.15, -0.1) is 6.58 Å². The molecule has 2 unspecified atom stereocenters. The molecule has 0 saturated carbocycles. The van der Waals surface area contributed by atoms with Gasteiger partial charge < -0.3 is 25.6 Å². The van der Waals surface area contributed by atoms with Gasteiger partial charge in [-0.3, -0.25) is 4.79 Å². The van der Waals surface area contributed by atoms with Gasteiger partial charge >= 0.3 is 12.1 Å². The van der Waals surface area contributed by atoms with Crippen LogP contribution in [0.1, 0.15) is 36.8 Å². The number of amides is 2. The highest BCUT2D eigenvalue weighted by atomic mass is 16.5. The smallest absolute Gasteiger partial charge is 0.407 e. The van der Waals surface area contributed by atoms with Crippen LogP contribution in [0.3, 0.4) is 0 Å². The van der Waals surface area contributed by atoms with E-state index in [4.69, 9.17) is 9.84 Å². The molecule has 1 aliphatic carbocycles. The van der Waals surface area contributed by atoms with Crippen LogP contribution in [-0.4, -0.2) is 53.0 Å².